The van der Waals surface area contributed by atoms with Gasteiger partial charge < -0.3 is 10.4 Å². The predicted octanol–water partition coefficient (Wildman–Crippen LogP) is -1.09. The van der Waals surface area contributed by atoms with Gasteiger partial charge in [0.15, 0.2) is 0 Å². The molecule has 0 aromatic rings. The zero-order valence-corrected chi connectivity index (χ0v) is 10.3. The van der Waals surface area contributed by atoms with Crippen LogP contribution in [-0.4, -0.2) is 55.2 Å². The van der Waals surface area contributed by atoms with Crippen molar-refractivity contribution in [2.75, 3.05) is 19.4 Å². The third-order valence-corrected chi connectivity index (χ3v) is 3.88. The smallest absolute Gasteiger partial charge is 0.238 e. The van der Waals surface area contributed by atoms with Gasteiger partial charge in [-0.1, -0.05) is 0 Å². The van der Waals surface area contributed by atoms with Crippen LogP contribution in [0.15, 0.2) is 0 Å². The fourth-order valence-corrected chi connectivity index (χ4v) is 2.91. The summed E-state index contributed by atoms with van der Waals surface area (Å²) in [6.07, 6.45) is 2.34. The minimum absolute atomic E-state index is 0.155. The molecule has 94 valence electrons. The molecule has 1 aliphatic rings. The van der Waals surface area contributed by atoms with Gasteiger partial charge in [0.25, 0.3) is 0 Å². The van der Waals surface area contributed by atoms with Gasteiger partial charge in [0.1, 0.15) is 6.04 Å². The average Bonchev–Trinajstić information content (AvgIpc) is 2.65. The molecule has 1 unspecified atom stereocenters. The van der Waals surface area contributed by atoms with Crippen LogP contribution in [0.3, 0.4) is 0 Å². The van der Waals surface area contributed by atoms with E-state index in [1.807, 2.05) is 0 Å². The lowest BCUT2D eigenvalue weighted by atomic mass is 10.2. The van der Waals surface area contributed by atoms with Crippen molar-refractivity contribution in [3.63, 3.8) is 0 Å². The molecule has 0 aromatic heterocycles. The van der Waals surface area contributed by atoms with E-state index in [9.17, 15) is 13.2 Å². The van der Waals surface area contributed by atoms with Gasteiger partial charge in [0, 0.05) is 12.6 Å². The summed E-state index contributed by atoms with van der Waals surface area (Å²) in [4.78, 5) is 11.7. The van der Waals surface area contributed by atoms with E-state index >= 15 is 0 Å². The lowest BCUT2D eigenvalue weighted by molar-refractivity contribution is -0.125. The van der Waals surface area contributed by atoms with Crippen LogP contribution in [0.5, 0.6) is 0 Å². The predicted molar refractivity (Wildman–Crippen MR) is 59.3 cm³/mol. The number of hydrogen-bond acceptors (Lipinski definition) is 4. The van der Waals surface area contributed by atoms with Crippen LogP contribution in [0, 0.1) is 0 Å². The van der Waals surface area contributed by atoms with Gasteiger partial charge in [0.05, 0.1) is 12.9 Å². The highest BCUT2D eigenvalue weighted by molar-refractivity contribution is 7.88. The Balaban J connectivity index is 2.69. The van der Waals surface area contributed by atoms with Crippen LogP contribution in [0.1, 0.15) is 19.8 Å². The topological polar surface area (TPSA) is 86.7 Å². The molecule has 1 heterocycles. The number of aliphatic hydroxyl groups excluding tert-OH is 1. The fraction of sp³-hybridized carbons (Fsp3) is 0.889. The summed E-state index contributed by atoms with van der Waals surface area (Å²) in [6, 6.07) is -0.974. The summed E-state index contributed by atoms with van der Waals surface area (Å²) in [7, 11) is -3.33. The summed E-state index contributed by atoms with van der Waals surface area (Å²) < 4.78 is 24.0. The number of nitrogens with one attached hydrogen (secondary N) is 1. The number of carbonyl (C=O) groups is 1. The molecule has 7 heteroatoms. The molecule has 0 radical (unpaired) electrons. The zero-order valence-electron chi connectivity index (χ0n) is 9.51. The largest absolute Gasteiger partial charge is 0.394 e. The molecule has 1 rings (SSSR count). The standard InChI is InChI=1S/C9H18N2O4S/c1-7(6-12)10-9(13)8-4-3-5-11(8)16(2,14)15/h7-8,12H,3-6H2,1-2H3,(H,10,13)/t7-,8?/m0/s1. The minimum Gasteiger partial charge on any atom is -0.394 e. The highest BCUT2D eigenvalue weighted by Crippen LogP contribution is 2.20. The summed E-state index contributed by atoms with van der Waals surface area (Å²) >= 11 is 0. The number of rotatable bonds is 4. The van der Waals surface area contributed by atoms with Gasteiger partial charge in [-0.15, -0.1) is 0 Å². The van der Waals surface area contributed by atoms with Gasteiger partial charge in [-0.2, -0.15) is 4.31 Å². The molecule has 2 atom stereocenters. The Morgan fingerprint density at radius 2 is 2.25 bits per heavy atom. The van der Waals surface area contributed by atoms with Crippen molar-refractivity contribution >= 4 is 15.9 Å². The van der Waals surface area contributed by atoms with Gasteiger partial charge in [-0.3, -0.25) is 4.79 Å². The molecular formula is C9H18N2O4S. The molecule has 1 saturated heterocycles. The number of carbonyl (C=O) groups excluding carboxylic acids is 1. The van der Waals surface area contributed by atoms with Gasteiger partial charge in [-0.25, -0.2) is 8.42 Å². The van der Waals surface area contributed by atoms with Crippen LogP contribution in [0.25, 0.3) is 0 Å². The van der Waals surface area contributed by atoms with E-state index in [4.69, 9.17) is 5.11 Å². The van der Waals surface area contributed by atoms with Crippen LogP contribution >= 0.6 is 0 Å². The van der Waals surface area contributed by atoms with Gasteiger partial charge in [-0.05, 0) is 19.8 Å². The van der Waals surface area contributed by atoms with Crippen LogP contribution < -0.4 is 5.32 Å². The second kappa shape index (κ2) is 5.11. The molecule has 6 nitrogen and oxygen atoms in total. The van der Waals surface area contributed by atoms with Crippen molar-refractivity contribution in [3.8, 4) is 0 Å². The maximum absolute atomic E-state index is 11.7. The highest BCUT2D eigenvalue weighted by atomic mass is 32.2. The molecule has 1 aliphatic heterocycles. The zero-order chi connectivity index (χ0) is 12.3. The number of nitrogens with zero attached hydrogens (tertiary/aromatic N) is 1. The first-order chi connectivity index (χ1) is 7.36. The maximum atomic E-state index is 11.7. The summed E-state index contributed by atoms with van der Waals surface area (Å²) in [5, 5.41) is 11.4. The third kappa shape index (κ3) is 3.16. The Bertz CT molecular complexity index is 355. The number of sulfonamides is 1. The summed E-state index contributed by atoms with van der Waals surface area (Å²) in [5.74, 6) is -0.329. The van der Waals surface area contributed by atoms with E-state index < -0.39 is 16.1 Å². The monoisotopic (exact) mass is 250 g/mol. The van der Waals surface area contributed by atoms with E-state index in [0.717, 1.165) is 6.26 Å². The second-order valence-electron chi connectivity index (χ2n) is 4.12. The maximum Gasteiger partial charge on any atom is 0.238 e. The van der Waals surface area contributed by atoms with Crippen molar-refractivity contribution < 1.29 is 18.3 Å². The van der Waals surface area contributed by atoms with Gasteiger partial charge in [0.2, 0.25) is 15.9 Å². The summed E-state index contributed by atoms with van der Waals surface area (Å²) in [6.45, 7) is 1.90. The summed E-state index contributed by atoms with van der Waals surface area (Å²) in [5.41, 5.74) is 0. The van der Waals surface area contributed by atoms with E-state index in [1.165, 1.54) is 4.31 Å². The molecule has 0 spiro atoms. The van der Waals surface area contributed by atoms with Crippen molar-refractivity contribution in [1.29, 1.82) is 0 Å². The lowest BCUT2D eigenvalue weighted by Crippen LogP contribution is -2.48. The van der Waals surface area contributed by atoms with E-state index in [2.05, 4.69) is 5.32 Å². The first-order valence-corrected chi connectivity index (χ1v) is 7.09. The fourth-order valence-electron chi connectivity index (χ4n) is 1.78. The normalized spacial score (nSPS) is 24.3. The number of amides is 1. The van der Waals surface area contributed by atoms with Crippen molar-refractivity contribution in [1.82, 2.24) is 9.62 Å². The van der Waals surface area contributed by atoms with E-state index in [1.54, 1.807) is 6.92 Å². The molecule has 2 N–H and O–H groups in total. The Hall–Kier alpha value is -0.660. The highest BCUT2D eigenvalue weighted by Gasteiger charge is 2.36. The number of hydrogen-bond donors (Lipinski definition) is 2. The Morgan fingerprint density at radius 3 is 2.75 bits per heavy atom. The minimum atomic E-state index is -3.33. The lowest BCUT2D eigenvalue weighted by Gasteiger charge is -2.22. The van der Waals surface area contributed by atoms with Gasteiger partial charge >= 0.3 is 0 Å². The van der Waals surface area contributed by atoms with Crippen LogP contribution in [-0.2, 0) is 14.8 Å². The molecule has 0 aromatic carbocycles. The molecule has 0 bridgehead atoms. The van der Waals surface area contributed by atoms with Crippen molar-refractivity contribution in [3.05, 3.63) is 0 Å². The molecular weight excluding hydrogens is 232 g/mol. The van der Waals surface area contributed by atoms with Crippen LogP contribution in [0.4, 0.5) is 0 Å². The molecule has 16 heavy (non-hydrogen) atoms. The van der Waals surface area contributed by atoms with Crippen LogP contribution in [0.2, 0.25) is 0 Å². The Morgan fingerprint density at radius 1 is 1.62 bits per heavy atom. The Kier molecular flexibility index (Phi) is 4.28. The van der Waals surface area contributed by atoms with E-state index in [-0.39, 0.29) is 18.6 Å². The van der Waals surface area contributed by atoms with E-state index in [0.29, 0.717) is 19.4 Å². The molecule has 1 amide bonds. The molecule has 1 fully saturated rings. The van der Waals surface area contributed by atoms with Crippen molar-refractivity contribution in [2.45, 2.75) is 31.8 Å². The van der Waals surface area contributed by atoms with Crippen molar-refractivity contribution in [2.24, 2.45) is 0 Å². The second-order valence-corrected chi connectivity index (χ2v) is 6.06. The third-order valence-electron chi connectivity index (χ3n) is 2.59. The quantitative estimate of drug-likeness (QED) is 0.663. The number of aliphatic hydroxyl groups is 1. The molecule has 0 aliphatic carbocycles. The Labute approximate surface area is 95.7 Å². The first kappa shape index (κ1) is 13.4. The molecule has 0 saturated carbocycles. The average molecular weight is 250 g/mol. The SMILES string of the molecule is C[C@@H](CO)NC(=O)C1CCCN1S(C)(=O)=O. The first-order valence-electron chi connectivity index (χ1n) is 5.24.